The van der Waals surface area contributed by atoms with Gasteiger partial charge >= 0.3 is 0 Å². The normalized spacial score (nSPS) is 14.1. The van der Waals surface area contributed by atoms with Gasteiger partial charge in [-0.05, 0) is 54.1 Å². The van der Waals surface area contributed by atoms with Crippen LogP contribution in [0.2, 0.25) is 5.02 Å². The highest BCUT2D eigenvalue weighted by molar-refractivity contribution is 8.04. The summed E-state index contributed by atoms with van der Waals surface area (Å²) < 4.78 is 13.4. The van der Waals surface area contributed by atoms with Crippen molar-refractivity contribution in [2.45, 2.75) is 11.4 Å². The van der Waals surface area contributed by atoms with Gasteiger partial charge in [-0.15, -0.1) is 0 Å². The Morgan fingerprint density at radius 1 is 0.931 bits per heavy atom. The van der Waals surface area contributed by atoms with E-state index in [1.165, 1.54) is 40.9 Å². The summed E-state index contributed by atoms with van der Waals surface area (Å²) in [6, 6.07) is 17.9. The predicted molar refractivity (Wildman–Crippen MR) is 110 cm³/mol. The molecule has 2 aromatic carbocycles. The van der Waals surface area contributed by atoms with Gasteiger partial charge in [-0.3, -0.25) is 19.5 Å². The minimum Gasteiger partial charge on any atom is -0.269 e. The van der Waals surface area contributed by atoms with Gasteiger partial charge < -0.3 is 0 Å². The summed E-state index contributed by atoms with van der Waals surface area (Å²) in [4.78, 5) is 32.7. The number of hydrogen-bond donors (Lipinski definition) is 0. The second kappa shape index (κ2) is 8.19. The number of carbonyl (C=O) groups excluding carboxylic acids is 2. The Morgan fingerprint density at radius 2 is 1.66 bits per heavy atom. The highest BCUT2D eigenvalue weighted by Gasteiger charge is 2.39. The zero-order chi connectivity index (χ0) is 20.4. The molecule has 29 heavy (non-hydrogen) atoms. The first kappa shape index (κ1) is 19.4. The van der Waals surface area contributed by atoms with E-state index >= 15 is 0 Å². The van der Waals surface area contributed by atoms with Crippen molar-refractivity contribution in [2.75, 3.05) is 0 Å². The van der Waals surface area contributed by atoms with Crippen LogP contribution < -0.4 is 0 Å². The van der Waals surface area contributed by atoms with E-state index in [4.69, 9.17) is 11.6 Å². The summed E-state index contributed by atoms with van der Waals surface area (Å²) in [6.07, 6.45) is 1.61. The third-order valence-corrected chi connectivity index (χ3v) is 5.68. The molecule has 0 radical (unpaired) electrons. The van der Waals surface area contributed by atoms with Crippen molar-refractivity contribution < 1.29 is 14.0 Å². The lowest BCUT2D eigenvalue weighted by atomic mass is 10.1. The summed E-state index contributed by atoms with van der Waals surface area (Å²) in [5.74, 6) is -1.24. The summed E-state index contributed by atoms with van der Waals surface area (Å²) in [5.41, 5.74) is 1.35. The monoisotopic (exact) mass is 424 g/mol. The fraction of sp³-hybridized carbons (Fsp3) is 0.0455. The number of halogens is 2. The van der Waals surface area contributed by atoms with Crippen molar-refractivity contribution in [3.8, 4) is 0 Å². The van der Waals surface area contributed by atoms with Crippen LogP contribution in [-0.2, 0) is 16.1 Å². The van der Waals surface area contributed by atoms with Crippen molar-refractivity contribution in [3.63, 3.8) is 0 Å². The Bertz CT molecular complexity index is 1100. The fourth-order valence-corrected chi connectivity index (χ4v) is 4.08. The maximum absolute atomic E-state index is 13.4. The molecule has 0 bridgehead atoms. The van der Waals surface area contributed by atoms with Crippen LogP contribution in [0.25, 0.3) is 5.57 Å². The highest BCUT2D eigenvalue weighted by atomic mass is 35.5. The molecule has 1 aliphatic heterocycles. The molecule has 0 aliphatic carbocycles. The van der Waals surface area contributed by atoms with Crippen LogP contribution in [0.15, 0.2) is 82.7 Å². The van der Waals surface area contributed by atoms with Gasteiger partial charge in [0.25, 0.3) is 11.8 Å². The van der Waals surface area contributed by atoms with Crippen molar-refractivity contribution in [1.29, 1.82) is 0 Å². The Hall–Kier alpha value is -2.96. The van der Waals surface area contributed by atoms with Crippen LogP contribution >= 0.6 is 23.4 Å². The van der Waals surface area contributed by atoms with Crippen LogP contribution in [0.1, 0.15) is 11.3 Å². The molecule has 0 saturated heterocycles. The number of aromatic nitrogens is 1. The van der Waals surface area contributed by atoms with E-state index in [2.05, 4.69) is 4.98 Å². The summed E-state index contributed by atoms with van der Waals surface area (Å²) in [5, 5.41) is 0.577. The molecule has 2 amide bonds. The van der Waals surface area contributed by atoms with Gasteiger partial charge in [0.2, 0.25) is 0 Å². The molecule has 7 heteroatoms. The second-order valence-electron chi connectivity index (χ2n) is 6.28. The van der Waals surface area contributed by atoms with E-state index < -0.39 is 17.6 Å². The smallest absolute Gasteiger partial charge is 0.268 e. The number of thioether (sulfide) groups is 1. The number of rotatable bonds is 5. The standard InChI is InChI=1S/C22H14ClFN2O2S/c23-15-6-10-18(11-7-15)29-20-19(14-4-8-16(24)9-5-14)21(27)26(22(20)28)13-17-3-1-2-12-25-17/h1-12H,13H2. The highest BCUT2D eigenvalue weighted by Crippen LogP contribution is 2.40. The maximum atomic E-state index is 13.4. The van der Waals surface area contributed by atoms with Gasteiger partial charge in [-0.2, -0.15) is 0 Å². The van der Waals surface area contributed by atoms with Crippen molar-refractivity contribution in [2.24, 2.45) is 0 Å². The van der Waals surface area contributed by atoms with E-state index in [9.17, 15) is 14.0 Å². The molecule has 0 spiro atoms. The van der Waals surface area contributed by atoms with E-state index in [0.29, 0.717) is 21.2 Å². The number of amides is 2. The Kier molecular flexibility index (Phi) is 5.47. The molecule has 0 saturated carbocycles. The number of pyridine rings is 1. The van der Waals surface area contributed by atoms with E-state index in [1.54, 1.807) is 48.7 Å². The largest absolute Gasteiger partial charge is 0.269 e. The minimum absolute atomic E-state index is 0.0634. The molecule has 4 rings (SSSR count). The molecular weight excluding hydrogens is 411 g/mol. The molecule has 1 aromatic heterocycles. The molecule has 0 atom stereocenters. The van der Waals surface area contributed by atoms with Crippen molar-refractivity contribution in [1.82, 2.24) is 9.88 Å². The SMILES string of the molecule is O=C1C(Sc2ccc(Cl)cc2)=C(c2ccc(F)cc2)C(=O)N1Cc1ccccn1. The van der Waals surface area contributed by atoms with Crippen LogP contribution in [0, 0.1) is 5.82 Å². The van der Waals surface area contributed by atoms with E-state index in [0.717, 1.165) is 4.90 Å². The average molecular weight is 425 g/mol. The molecule has 1 aliphatic rings. The summed E-state index contributed by atoms with van der Waals surface area (Å²) in [7, 11) is 0. The third-order valence-electron chi connectivity index (χ3n) is 4.34. The number of carbonyl (C=O) groups is 2. The number of nitrogens with zero attached hydrogens (tertiary/aromatic N) is 2. The molecule has 144 valence electrons. The number of imide groups is 1. The topological polar surface area (TPSA) is 50.3 Å². The maximum Gasteiger partial charge on any atom is 0.268 e. The van der Waals surface area contributed by atoms with E-state index in [-0.39, 0.29) is 12.1 Å². The van der Waals surface area contributed by atoms with Gasteiger partial charge in [0.1, 0.15) is 5.82 Å². The molecule has 2 heterocycles. The lowest BCUT2D eigenvalue weighted by Gasteiger charge is -2.14. The van der Waals surface area contributed by atoms with E-state index in [1.807, 2.05) is 0 Å². The van der Waals surface area contributed by atoms with Gasteiger partial charge in [0, 0.05) is 16.1 Å². The molecule has 0 fully saturated rings. The molecule has 4 nitrogen and oxygen atoms in total. The Morgan fingerprint density at radius 3 is 2.31 bits per heavy atom. The molecule has 0 unspecified atom stereocenters. The molecular formula is C22H14ClFN2O2S. The quantitative estimate of drug-likeness (QED) is 0.544. The Balaban J connectivity index is 1.74. The van der Waals surface area contributed by atoms with Crippen LogP contribution in [-0.4, -0.2) is 21.7 Å². The van der Waals surface area contributed by atoms with Gasteiger partial charge in [-0.1, -0.05) is 41.6 Å². The van der Waals surface area contributed by atoms with Crippen molar-refractivity contribution >= 4 is 40.8 Å². The zero-order valence-corrected chi connectivity index (χ0v) is 16.6. The minimum atomic E-state index is -0.427. The summed E-state index contributed by atoms with van der Waals surface area (Å²) >= 11 is 7.13. The van der Waals surface area contributed by atoms with Crippen LogP contribution in [0.4, 0.5) is 4.39 Å². The second-order valence-corrected chi connectivity index (χ2v) is 7.80. The lowest BCUT2D eigenvalue weighted by Crippen LogP contribution is -2.31. The van der Waals surface area contributed by atoms with Gasteiger partial charge in [0.15, 0.2) is 0 Å². The predicted octanol–water partition coefficient (Wildman–Crippen LogP) is 4.95. The van der Waals surface area contributed by atoms with Gasteiger partial charge in [0.05, 0.1) is 22.7 Å². The molecule has 0 N–H and O–H groups in total. The fourth-order valence-electron chi connectivity index (χ4n) is 2.94. The first-order valence-corrected chi connectivity index (χ1v) is 9.92. The van der Waals surface area contributed by atoms with Crippen LogP contribution in [0.5, 0.6) is 0 Å². The van der Waals surface area contributed by atoms with Crippen molar-refractivity contribution in [3.05, 3.63) is 99.9 Å². The number of benzene rings is 2. The first-order valence-electron chi connectivity index (χ1n) is 8.72. The molecule has 3 aromatic rings. The summed E-state index contributed by atoms with van der Waals surface area (Å²) in [6.45, 7) is 0.0634. The zero-order valence-electron chi connectivity index (χ0n) is 15.0. The lowest BCUT2D eigenvalue weighted by molar-refractivity contribution is -0.137. The van der Waals surface area contributed by atoms with Gasteiger partial charge in [-0.25, -0.2) is 4.39 Å². The number of hydrogen-bond acceptors (Lipinski definition) is 4. The average Bonchev–Trinajstić information content (AvgIpc) is 2.95. The Labute approximate surface area is 176 Å². The van der Waals surface area contributed by atoms with Crippen LogP contribution in [0.3, 0.4) is 0 Å². The first-order chi connectivity index (χ1) is 14.0. The third kappa shape index (κ3) is 4.09.